The molecule has 0 bridgehead atoms. The Balaban J connectivity index is 2.19. The molecule has 2 amide bonds. The Bertz CT molecular complexity index is 348. The fraction of sp³-hybridized carbons (Fsp3) is 0.400. The molecule has 88 valence electrons. The van der Waals surface area contributed by atoms with Gasteiger partial charge in [0.15, 0.2) is 0 Å². The van der Waals surface area contributed by atoms with Crippen molar-refractivity contribution in [3.05, 3.63) is 24.2 Å². The number of urea groups is 1. The van der Waals surface area contributed by atoms with E-state index >= 15 is 0 Å². The molecule has 6 nitrogen and oxygen atoms in total. The summed E-state index contributed by atoms with van der Waals surface area (Å²) < 4.78 is 5.01. The molecule has 0 saturated heterocycles. The molecular formula is C10H14N2O4. The van der Waals surface area contributed by atoms with Crippen molar-refractivity contribution >= 4 is 12.0 Å². The van der Waals surface area contributed by atoms with Gasteiger partial charge in [0.2, 0.25) is 0 Å². The Morgan fingerprint density at radius 1 is 1.50 bits per heavy atom. The average molecular weight is 226 g/mol. The highest BCUT2D eigenvalue weighted by Gasteiger charge is 2.11. The highest BCUT2D eigenvalue weighted by atomic mass is 16.4. The molecule has 1 heterocycles. The maximum Gasteiger partial charge on any atom is 0.315 e. The monoisotopic (exact) mass is 226 g/mol. The van der Waals surface area contributed by atoms with Gasteiger partial charge in [0.25, 0.3) is 0 Å². The van der Waals surface area contributed by atoms with E-state index in [1.165, 1.54) is 13.2 Å². The van der Waals surface area contributed by atoms with E-state index in [2.05, 4.69) is 10.6 Å². The second-order valence-corrected chi connectivity index (χ2v) is 3.38. The van der Waals surface area contributed by atoms with E-state index in [9.17, 15) is 9.59 Å². The minimum absolute atomic E-state index is 0.0965. The predicted octanol–water partition coefficient (Wildman–Crippen LogP) is 0.799. The lowest BCUT2D eigenvalue weighted by atomic mass is 10.2. The predicted molar refractivity (Wildman–Crippen MR) is 55.7 cm³/mol. The molecule has 0 aliphatic carbocycles. The molecule has 0 spiro atoms. The lowest BCUT2D eigenvalue weighted by Crippen LogP contribution is -2.38. The van der Waals surface area contributed by atoms with Crippen LogP contribution in [-0.2, 0) is 11.3 Å². The maximum atomic E-state index is 11.2. The van der Waals surface area contributed by atoms with E-state index in [1.807, 2.05) is 0 Å². The van der Waals surface area contributed by atoms with Crippen LogP contribution in [0.25, 0.3) is 0 Å². The maximum absolute atomic E-state index is 11.2. The molecule has 3 N–H and O–H groups in total. The highest BCUT2D eigenvalue weighted by molar-refractivity contribution is 5.75. The molecule has 0 aliphatic rings. The number of amides is 2. The summed E-state index contributed by atoms with van der Waals surface area (Å²) in [5.74, 6) is -0.901. The summed E-state index contributed by atoms with van der Waals surface area (Å²) in [6.07, 6.45) is 1.52. The molecule has 0 fully saturated rings. The fourth-order valence-electron chi connectivity index (χ4n) is 0.976. The zero-order valence-corrected chi connectivity index (χ0v) is 8.90. The van der Waals surface area contributed by atoms with Crippen molar-refractivity contribution in [1.29, 1.82) is 0 Å². The number of hydrogen-bond donors (Lipinski definition) is 3. The van der Waals surface area contributed by atoms with Gasteiger partial charge in [-0.25, -0.2) is 4.79 Å². The van der Waals surface area contributed by atoms with Crippen molar-refractivity contribution in [3.8, 4) is 0 Å². The van der Waals surface area contributed by atoms with Crippen molar-refractivity contribution in [1.82, 2.24) is 10.6 Å². The summed E-state index contributed by atoms with van der Waals surface area (Å²) >= 11 is 0. The smallest absolute Gasteiger partial charge is 0.315 e. The van der Waals surface area contributed by atoms with Gasteiger partial charge in [-0.1, -0.05) is 6.92 Å². The average Bonchev–Trinajstić information content (AvgIpc) is 2.75. The SMILES string of the molecule is CC(CNC(=O)NCc1ccco1)C(=O)O. The van der Waals surface area contributed by atoms with Crippen LogP contribution in [0.3, 0.4) is 0 Å². The molecule has 0 saturated carbocycles. The number of nitrogens with one attached hydrogen (secondary N) is 2. The third-order valence-electron chi connectivity index (χ3n) is 1.99. The lowest BCUT2D eigenvalue weighted by molar-refractivity contribution is -0.140. The molecule has 0 aromatic carbocycles. The fourth-order valence-corrected chi connectivity index (χ4v) is 0.976. The van der Waals surface area contributed by atoms with E-state index in [-0.39, 0.29) is 13.1 Å². The van der Waals surface area contributed by atoms with Gasteiger partial charge in [0, 0.05) is 6.54 Å². The zero-order valence-electron chi connectivity index (χ0n) is 8.90. The van der Waals surface area contributed by atoms with Crippen molar-refractivity contribution in [2.24, 2.45) is 5.92 Å². The van der Waals surface area contributed by atoms with Crippen molar-refractivity contribution in [2.45, 2.75) is 13.5 Å². The van der Waals surface area contributed by atoms with Gasteiger partial charge in [0.1, 0.15) is 5.76 Å². The van der Waals surface area contributed by atoms with E-state index < -0.39 is 17.9 Å². The number of rotatable bonds is 5. The van der Waals surface area contributed by atoms with E-state index in [4.69, 9.17) is 9.52 Å². The molecule has 1 rings (SSSR count). The summed E-state index contributed by atoms with van der Waals surface area (Å²) in [6.45, 7) is 1.90. The summed E-state index contributed by atoms with van der Waals surface area (Å²) in [5, 5.41) is 13.6. The number of furan rings is 1. The molecule has 6 heteroatoms. The van der Waals surface area contributed by atoms with Crippen LogP contribution >= 0.6 is 0 Å². The molecule has 16 heavy (non-hydrogen) atoms. The van der Waals surface area contributed by atoms with Crippen molar-refractivity contribution in [2.75, 3.05) is 6.54 Å². The van der Waals surface area contributed by atoms with Crippen molar-refractivity contribution < 1.29 is 19.1 Å². The normalized spacial score (nSPS) is 11.8. The minimum Gasteiger partial charge on any atom is -0.481 e. The van der Waals surface area contributed by atoms with Crippen LogP contribution in [-0.4, -0.2) is 23.7 Å². The quantitative estimate of drug-likeness (QED) is 0.692. The number of carbonyl (C=O) groups is 2. The molecule has 0 aliphatic heterocycles. The number of carboxylic acid groups (broad SMARTS) is 1. The van der Waals surface area contributed by atoms with Crippen LogP contribution in [0.5, 0.6) is 0 Å². The summed E-state index contributed by atoms with van der Waals surface area (Å²) in [4.78, 5) is 21.7. The van der Waals surface area contributed by atoms with Crippen LogP contribution < -0.4 is 10.6 Å². The molecular weight excluding hydrogens is 212 g/mol. The lowest BCUT2D eigenvalue weighted by Gasteiger charge is -2.08. The third kappa shape index (κ3) is 4.04. The summed E-state index contributed by atoms with van der Waals surface area (Å²) in [6, 6.07) is 3.05. The number of aliphatic carboxylic acids is 1. The second-order valence-electron chi connectivity index (χ2n) is 3.38. The molecule has 1 aromatic rings. The van der Waals surface area contributed by atoms with Crippen LogP contribution in [0, 0.1) is 5.92 Å². The topological polar surface area (TPSA) is 91.6 Å². The van der Waals surface area contributed by atoms with Crippen LogP contribution in [0.4, 0.5) is 4.79 Å². The van der Waals surface area contributed by atoms with Gasteiger partial charge in [-0.05, 0) is 12.1 Å². The second kappa shape index (κ2) is 5.79. The Labute approximate surface area is 92.6 Å². The molecule has 1 aromatic heterocycles. The van der Waals surface area contributed by atoms with Crippen LogP contribution in [0.2, 0.25) is 0 Å². The molecule has 1 unspecified atom stereocenters. The number of hydrogen-bond acceptors (Lipinski definition) is 3. The van der Waals surface area contributed by atoms with E-state index in [1.54, 1.807) is 12.1 Å². The first kappa shape index (κ1) is 12.1. The van der Waals surface area contributed by atoms with E-state index in [0.717, 1.165) is 0 Å². The molecule has 1 atom stereocenters. The Morgan fingerprint density at radius 3 is 2.81 bits per heavy atom. The summed E-state index contributed by atoms with van der Waals surface area (Å²) in [7, 11) is 0. The van der Waals surface area contributed by atoms with Crippen molar-refractivity contribution in [3.63, 3.8) is 0 Å². The van der Waals surface area contributed by atoms with Gasteiger partial charge in [-0.3, -0.25) is 4.79 Å². The number of carbonyl (C=O) groups excluding carboxylic acids is 1. The van der Waals surface area contributed by atoms with Gasteiger partial charge >= 0.3 is 12.0 Å². The third-order valence-corrected chi connectivity index (χ3v) is 1.99. The van der Waals surface area contributed by atoms with E-state index in [0.29, 0.717) is 5.76 Å². The zero-order chi connectivity index (χ0) is 12.0. The Hall–Kier alpha value is -1.98. The Morgan fingerprint density at radius 2 is 2.25 bits per heavy atom. The molecule has 0 radical (unpaired) electrons. The highest BCUT2D eigenvalue weighted by Crippen LogP contribution is 1.98. The first-order valence-electron chi connectivity index (χ1n) is 4.86. The first-order chi connectivity index (χ1) is 7.59. The van der Waals surface area contributed by atoms with Gasteiger partial charge in [-0.15, -0.1) is 0 Å². The van der Waals surface area contributed by atoms with Gasteiger partial charge in [-0.2, -0.15) is 0 Å². The standard InChI is InChI=1S/C10H14N2O4/c1-7(9(13)14)5-11-10(15)12-6-8-3-2-4-16-8/h2-4,7H,5-6H2,1H3,(H,13,14)(H2,11,12,15). The first-order valence-corrected chi connectivity index (χ1v) is 4.86. The minimum atomic E-state index is -0.939. The van der Waals surface area contributed by atoms with Gasteiger partial charge in [0.05, 0.1) is 18.7 Å². The summed E-state index contributed by atoms with van der Waals surface area (Å²) in [5.41, 5.74) is 0. The van der Waals surface area contributed by atoms with Gasteiger partial charge < -0.3 is 20.2 Å². The van der Waals surface area contributed by atoms with Crippen LogP contribution in [0.15, 0.2) is 22.8 Å². The number of carboxylic acids is 1. The van der Waals surface area contributed by atoms with Crippen LogP contribution in [0.1, 0.15) is 12.7 Å². The Kier molecular flexibility index (Phi) is 4.38. The largest absolute Gasteiger partial charge is 0.481 e.